The Balaban J connectivity index is 1.37. The van der Waals surface area contributed by atoms with E-state index >= 15 is 0 Å². The maximum atomic E-state index is 12.3. The van der Waals surface area contributed by atoms with E-state index in [1.165, 1.54) is 0 Å². The summed E-state index contributed by atoms with van der Waals surface area (Å²) in [4.78, 5) is 18.5. The summed E-state index contributed by atoms with van der Waals surface area (Å²) in [6.45, 7) is 7.61. The lowest BCUT2D eigenvalue weighted by Gasteiger charge is -2.34. The Morgan fingerprint density at radius 1 is 1.03 bits per heavy atom. The van der Waals surface area contributed by atoms with Gasteiger partial charge in [0.05, 0.1) is 18.2 Å². The number of piperidine rings is 1. The summed E-state index contributed by atoms with van der Waals surface area (Å²) in [6.07, 6.45) is 5.32. The van der Waals surface area contributed by atoms with Gasteiger partial charge in [-0.05, 0) is 63.4 Å². The molecule has 0 N–H and O–H groups in total. The van der Waals surface area contributed by atoms with Gasteiger partial charge in [-0.15, -0.1) is 0 Å². The van der Waals surface area contributed by atoms with E-state index in [0.29, 0.717) is 25.7 Å². The summed E-state index contributed by atoms with van der Waals surface area (Å²) in [5.41, 5.74) is 2.86. The van der Waals surface area contributed by atoms with Gasteiger partial charge in [0.2, 0.25) is 0 Å². The first-order valence-electron chi connectivity index (χ1n) is 11.2. The molecule has 1 aliphatic rings. The fourth-order valence-corrected chi connectivity index (χ4v) is 3.94. The van der Waals surface area contributed by atoms with Crippen LogP contribution in [0.2, 0.25) is 0 Å². The average Bonchev–Trinajstić information content (AvgIpc) is 3.28. The van der Waals surface area contributed by atoms with Crippen molar-refractivity contribution in [1.82, 2.24) is 14.5 Å². The zero-order valence-electron chi connectivity index (χ0n) is 19.0. The fourth-order valence-electron chi connectivity index (χ4n) is 3.94. The number of ether oxygens (including phenoxy) is 2. The summed E-state index contributed by atoms with van der Waals surface area (Å²) < 4.78 is 13.6. The van der Waals surface area contributed by atoms with Crippen LogP contribution in [0.1, 0.15) is 45.2 Å². The highest BCUT2D eigenvalue weighted by atomic mass is 16.6. The summed E-state index contributed by atoms with van der Waals surface area (Å²) >= 11 is 0. The zero-order chi connectivity index (χ0) is 22.6. The molecule has 4 rings (SSSR count). The minimum atomic E-state index is -0.470. The Morgan fingerprint density at radius 3 is 2.38 bits per heavy atom. The molecule has 2 heterocycles. The molecule has 1 aliphatic heterocycles. The fraction of sp³-hybridized carbons (Fsp3) is 0.385. The van der Waals surface area contributed by atoms with E-state index in [2.05, 4.69) is 33.8 Å². The van der Waals surface area contributed by atoms with Crippen LogP contribution in [0.4, 0.5) is 4.79 Å². The molecule has 6 nitrogen and oxygen atoms in total. The van der Waals surface area contributed by atoms with Gasteiger partial charge in [-0.1, -0.05) is 30.3 Å². The van der Waals surface area contributed by atoms with Crippen molar-refractivity contribution < 1.29 is 14.3 Å². The number of nitrogens with zero attached hydrogens (tertiary/aromatic N) is 3. The number of amides is 1. The lowest BCUT2D eigenvalue weighted by atomic mass is 10.0. The molecule has 32 heavy (non-hydrogen) atoms. The molecule has 1 saturated heterocycles. The van der Waals surface area contributed by atoms with Crippen LogP contribution in [-0.2, 0) is 11.3 Å². The van der Waals surface area contributed by atoms with Crippen LogP contribution in [-0.4, -0.2) is 39.2 Å². The number of rotatable bonds is 5. The number of aromatic nitrogens is 2. The van der Waals surface area contributed by atoms with E-state index in [0.717, 1.165) is 35.4 Å². The molecular formula is C26H31N3O3. The van der Waals surface area contributed by atoms with E-state index in [-0.39, 0.29) is 6.09 Å². The highest BCUT2D eigenvalue weighted by molar-refractivity contribution is 5.68. The second-order valence-corrected chi connectivity index (χ2v) is 9.18. The van der Waals surface area contributed by atoms with Crippen LogP contribution >= 0.6 is 0 Å². The molecular weight excluding hydrogens is 402 g/mol. The van der Waals surface area contributed by atoms with Crippen molar-refractivity contribution in [2.24, 2.45) is 0 Å². The van der Waals surface area contributed by atoms with Gasteiger partial charge in [0.25, 0.3) is 0 Å². The Bertz CT molecular complexity index is 1010. The van der Waals surface area contributed by atoms with Gasteiger partial charge in [-0.25, -0.2) is 9.78 Å². The number of carbonyl (C=O) groups is 1. The third kappa shape index (κ3) is 5.49. The number of imidazole rings is 1. The highest BCUT2D eigenvalue weighted by Crippen LogP contribution is 2.30. The third-order valence-electron chi connectivity index (χ3n) is 5.57. The molecule has 0 radical (unpaired) electrons. The maximum Gasteiger partial charge on any atom is 0.410 e. The molecule has 0 aliphatic carbocycles. The minimum absolute atomic E-state index is 0.229. The summed E-state index contributed by atoms with van der Waals surface area (Å²) in [6, 6.07) is 18.6. The van der Waals surface area contributed by atoms with Crippen molar-refractivity contribution in [3.63, 3.8) is 0 Å². The SMILES string of the molecule is CC(C)(C)OC(=O)N1CCC(n2cncc2-c2ccc(OCc3ccccc3)cc2)CC1. The van der Waals surface area contributed by atoms with Gasteiger partial charge in [0, 0.05) is 24.7 Å². The average molecular weight is 434 g/mol. The first-order chi connectivity index (χ1) is 15.4. The Hall–Kier alpha value is -3.28. The topological polar surface area (TPSA) is 56.6 Å². The molecule has 0 bridgehead atoms. The predicted molar refractivity (Wildman–Crippen MR) is 125 cm³/mol. The standard InChI is InChI=1S/C26H31N3O3/c1-26(2,3)32-25(30)28-15-13-22(14-16-28)29-19-27-17-24(29)21-9-11-23(12-10-21)31-18-20-7-5-4-6-8-20/h4-12,17,19,22H,13-16,18H2,1-3H3. The van der Waals surface area contributed by atoms with E-state index in [9.17, 15) is 4.79 Å². The van der Waals surface area contributed by atoms with Crippen molar-refractivity contribution in [3.05, 3.63) is 72.7 Å². The van der Waals surface area contributed by atoms with Crippen molar-refractivity contribution in [1.29, 1.82) is 0 Å². The summed E-state index contributed by atoms with van der Waals surface area (Å²) in [7, 11) is 0. The third-order valence-corrected chi connectivity index (χ3v) is 5.57. The molecule has 2 aromatic carbocycles. The Morgan fingerprint density at radius 2 is 1.72 bits per heavy atom. The van der Waals surface area contributed by atoms with Crippen LogP contribution in [0, 0.1) is 0 Å². The van der Waals surface area contributed by atoms with Crippen LogP contribution in [0.5, 0.6) is 5.75 Å². The van der Waals surface area contributed by atoms with Crippen molar-refractivity contribution in [2.75, 3.05) is 13.1 Å². The van der Waals surface area contributed by atoms with Crippen LogP contribution in [0.3, 0.4) is 0 Å². The zero-order valence-corrected chi connectivity index (χ0v) is 19.0. The monoisotopic (exact) mass is 433 g/mol. The smallest absolute Gasteiger partial charge is 0.410 e. The molecule has 0 atom stereocenters. The van der Waals surface area contributed by atoms with Crippen molar-refractivity contribution >= 4 is 6.09 Å². The quantitative estimate of drug-likeness (QED) is 0.518. The molecule has 0 spiro atoms. The molecule has 0 saturated carbocycles. The molecule has 0 unspecified atom stereocenters. The lowest BCUT2D eigenvalue weighted by molar-refractivity contribution is 0.0189. The largest absolute Gasteiger partial charge is 0.489 e. The first-order valence-corrected chi connectivity index (χ1v) is 11.2. The molecule has 3 aromatic rings. The van der Waals surface area contributed by atoms with Crippen LogP contribution in [0.15, 0.2) is 67.1 Å². The van der Waals surface area contributed by atoms with E-state index in [1.807, 2.05) is 63.6 Å². The first kappa shape index (κ1) is 21.9. The van der Waals surface area contributed by atoms with Crippen LogP contribution in [0.25, 0.3) is 11.3 Å². The molecule has 1 fully saturated rings. The molecule has 6 heteroatoms. The molecule has 1 amide bonds. The molecule has 168 valence electrons. The van der Waals surface area contributed by atoms with E-state index < -0.39 is 5.60 Å². The van der Waals surface area contributed by atoms with Crippen molar-refractivity contribution in [2.45, 2.75) is 51.9 Å². The van der Waals surface area contributed by atoms with Gasteiger partial charge in [0.15, 0.2) is 0 Å². The second kappa shape index (κ2) is 9.47. The summed E-state index contributed by atoms with van der Waals surface area (Å²) in [5, 5.41) is 0. The summed E-state index contributed by atoms with van der Waals surface area (Å²) in [5.74, 6) is 0.842. The van der Waals surface area contributed by atoms with Gasteiger partial charge in [0.1, 0.15) is 18.0 Å². The lowest BCUT2D eigenvalue weighted by Crippen LogP contribution is -2.42. The predicted octanol–water partition coefficient (Wildman–Crippen LogP) is 5.70. The number of carbonyl (C=O) groups excluding carboxylic acids is 1. The maximum absolute atomic E-state index is 12.3. The van der Waals surface area contributed by atoms with Gasteiger partial charge in [-0.2, -0.15) is 0 Å². The van der Waals surface area contributed by atoms with Crippen LogP contribution < -0.4 is 4.74 Å². The van der Waals surface area contributed by atoms with Gasteiger partial charge < -0.3 is 18.9 Å². The number of benzene rings is 2. The van der Waals surface area contributed by atoms with E-state index in [1.54, 1.807) is 4.90 Å². The van der Waals surface area contributed by atoms with Crippen molar-refractivity contribution in [3.8, 4) is 17.0 Å². The highest BCUT2D eigenvalue weighted by Gasteiger charge is 2.28. The van der Waals surface area contributed by atoms with Gasteiger partial charge >= 0.3 is 6.09 Å². The molecule has 1 aromatic heterocycles. The van der Waals surface area contributed by atoms with Gasteiger partial charge in [-0.3, -0.25) is 0 Å². The normalized spacial score (nSPS) is 14.9. The van der Waals surface area contributed by atoms with E-state index in [4.69, 9.17) is 9.47 Å². The number of hydrogen-bond donors (Lipinski definition) is 0. The Kier molecular flexibility index (Phi) is 6.49. The number of likely N-dealkylation sites (tertiary alicyclic amines) is 1. The Labute approximate surface area is 189 Å². The number of hydrogen-bond acceptors (Lipinski definition) is 4. The minimum Gasteiger partial charge on any atom is -0.489 e. The second-order valence-electron chi connectivity index (χ2n) is 9.18.